The van der Waals surface area contributed by atoms with Gasteiger partial charge in [-0.3, -0.25) is 4.98 Å². The predicted molar refractivity (Wildman–Crippen MR) is 48.8 cm³/mol. The second-order valence-corrected chi connectivity index (χ2v) is 3.44. The van der Waals surface area contributed by atoms with Gasteiger partial charge >= 0.3 is 0 Å². The van der Waals surface area contributed by atoms with Crippen molar-refractivity contribution in [3.63, 3.8) is 0 Å². The molecule has 2 N–H and O–H groups in total. The number of aromatic nitrogens is 1. The molecule has 0 aliphatic heterocycles. The molecule has 0 aliphatic rings. The van der Waals surface area contributed by atoms with E-state index >= 15 is 0 Å². The Hall–Kier alpha value is -0.540. The molecule has 2 nitrogen and oxygen atoms in total. The summed E-state index contributed by atoms with van der Waals surface area (Å²) in [6, 6.07) is 4.08. The van der Waals surface area contributed by atoms with Crippen LogP contribution in [0.15, 0.2) is 23.2 Å². The van der Waals surface area contributed by atoms with Gasteiger partial charge in [0.2, 0.25) is 0 Å². The minimum Gasteiger partial charge on any atom is -0.330 e. The van der Waals surface area contributed by atoms with E-state index in [0.29, 0.717) is 0 Å². The third-order valence-corrected chi connectivity index (χ3v) is 2.28. The zero-order chi connectivity index (χ0) is 8.10. The van der Waals surface area contributed by atoms with Crippen LogP contribution in [-0.2, 0) is 0 Å². The average Bonchev–Trinajstić information content (AvgIpc) is 2.01. The lowest BCUT2D eigenvalue weighted by molar-refractivity contribution is 1.13. The lowest BCUT2D eigenvalue weighted by Crippen LogP contribution is -2.00. The summed E-state index contributed by atoms with van der Waals surface area (Å²) in [5.41, 5.74) is 6.44. The Bertz CT molecular complexity index is 225. The van der Waals surface area contributed by atoms with Gasteiger partial charge in [0.05, 0.1) is 0 Å². The first kappa shape index (κ1) is 8.56. The van der Waals surface area contributed by atoms with E-state index in [-0.39, 0.29) is 0 Å². The minimum atomic E-state index is 0.728. The molecule has 0 unspecified atom stereocenters. The van der Waals surface area contributed by atoms with E-state index in [1.165, 1.54) is 4.90 Å². The van der Waals surface area contributed by atoms with Crippen molar-refractivity contribution >= 4 is 11.8 Å². The maximum atomic E-state index is 5.38. The molecule has 0 amide bonds. The van der Waals surface area contributed by atoms with Gasteiger partial charge in [0, 0.05) is 29.1 Å². The molecule has 0 radical (unpaired) electrons. The van der Waals surface area contributed by atoms with E-state index in [1.807, 2.05) is 19.2 Å². The number of nitrogens with two attached hydrogens (primary N) is 1. The molecule has 0 atom stereocenters. The summed E-state index contributed by atoms with van der Waals surface area (Å²) in [5.74, 6) is 0.976. The number of thioether (sulfide) groups is 1. The molecule has 0 saturated heterocycles. The Kier molecular flexibility index (Phi) is 3.39. The van der Waals surface area contributed by atoms with Crippen LogP contribution in [0.1, 0.15) is 5.69 Å². The Balaban J connectivity index is 2.56. The normalized spacial score (nSPS) is 10.0. The summed E-state index contributed by atoms with van der Waals surface area (Å²) in [6.07, 6.45) is 1.83. The highest BCUT2D eigenvalue weighted by Crippen LogP contribution is 2.16. The number of hydrogen-bond donors (Lipinski definition) is 1. The van der Waals surface area contributed by atoms with E-state index in [2.05, 4.69) is 11.1 Å². The van der Waals surface area contributed by atoms with Gasteiger partial charge in [-0.25, -0.2) is 0 Å². The van der Waals surface area contributed by atoms with E-state index in [4.69, 9.17) is 5.73 Å². The SMILES string of the molecule is Cc1cc(SCCN)ccn1. The molecule has 0 bridgehead atoms. The highest BCUT2D eigenvalue weighted by molar-refractivity contribution is 7.99. The zero-order valence-electron chi connectivity index (χ0n) is 6.58. The molecule has 0 fully saturated rings. The first-order valence-electron chi connectivity index (χ1n) is 3.58. The Labute approximate surface area is 71.2 Å². The van der Waals surface area contributed by atoms with Crippen LogP contribution in [-0.4, -0.2) is 17.3 Å². The number of hydrogen-bond acceptors (Lipinski definition) is 3. The highest BCUT2D eigenvalue weighted by Gasteiger charge is 1.92. The van der Waals surface area contributed by atoms with Gasteiger partial charge in [-0.1, -0.05) is 0 Å². The van der Waals surface area contributed by atoms with Crippen molar-refractivity contribution in [2.75, 3.05) is 12.3 Å². The van der Waals surface area contributed by atoms with Crippen molar-refractivity contribution in [2.24, 2.45) is 5.73 Å². The summed E-state index contributed by atoms with van der Waals surface area (Å²) in [6.45, 7) is 2.72. The summed E-state index contributed by atoms with van der Waals surface area (Å²) >= 11 is 1.77. The zero-order valence-corrected chi connectivity index (χ0v) is 7.40. The van der Waals surface area contributed by atoms with Crippen LogP contribution in [0.4, 0.5) is 0 Å². The van der Waals surface area contributed by atoms with Gasteiger partial charge in [0.15, 0.2) is 0 Å². The summed E-state index contributed by atoms with van der Waals surface area (Å²) in [4.78, 5) is 5.36. The van der Waals surface area contributed by atoms with E-state index in [1.54, 1.807) is 11.8 Å². The van der Waals surface area contributed by atoms with Gasteiger partial charge in [0.1, 0.15) is 0 Å². The van der Waals surface area contributed by atoms with Crippen molar-refractivity contribution in [2.45, 2.75) is 11.8 Å². The van der Waals surface area contributed by atoms with Crippen molar-refractivity contribution in [3.05, 3.63) is 24.0 Å². The maximum absolute atomic E-state index is 5.38. The fourth-order valence-corrected chi connectivity index (χ4v) is 1.55. The molecule has 1 aromatic heterocycles. The molecule has 3 heteroatoms. The number of aryl methyl sites for hydroxylation is 1. The van der Waals surface area contributed by atoms with Crippen molar-refractivity contribution in [1.82, 2.24) is 4.98 Å². The van der Waals surface area contributed by atoms with Crippen LogP contribution in [0.2, 0.25) is 0 Å². The Morgan fingerprint density at radius 2 is 2.45 bits per heavy atom. The standard InChI is InChI=1S/C8H12N2S/c1-7-6-8(2-4-10-7)11-5-3-9/h2,4,6H,3,5,9H2,1H3. The summed E-state index contributed by atoms with van der Waals surface area (Å²) in [5, 5.41) is 0. The molecule has 0 saturated carbocycles. The molecular formula is C8H12N2S. The fraction of sp³-hybridized carbons (Fsp3) is 0.375. The molecule has 60 valence electrons. The monoisotopic (exact) mass is 168 g/mol. The first-order valence-corrected chi connectivity index (χ1v) is 4.57. The molecule has 1 aromatic rings. The third-order valence-electron chi connectivity index (χ3n) is 1.25. The number of nitrogens with zero attached hydrogens (tertiary/aromatic N) is 1. The average molecular weight is 168 g/mol. The van der Waals surface area contributed by atoms with Gasteiger partial charge < -0.3 is 5.73 Å². The number of rotatable bonds is 3. The molecule has 0 spiro atoms. The van der Waals surface area contributed by atoms with Crippen LogP contribution in [0.5, 0.6) is 0 Å². The lowest BCUT2D eigenvalue weighted by Gasteiger charge is -1.98. The molecular weight excluding hydrogens is 156 g/mol. The topological polar surface area (TPSA) is 38.9 Å². The largest absolute Gasteiger partial charge is 0.330 e. The third kappa shape index (κ3) is 2.91. The number of pyridine rings is 1. The van der Waals surface area contributed by atoms with Crippen LogP contribution in [0, 0.1) is 6.92 Å². The highest BCUT2D eigenvalue weighted by atomic mass is 32.2. The van der Waals surface area contributed by atoms with E-state index in [9.17, 15) is 0 Å². The van der Waals surface area contributed by atoms with Gasteiger partial charge in [0.25, 0.3) is 0 Å². The molecule has 0 aromatic carbocycles. The van der Waals surface area contributed by atoms with Crippen molar-refractivity contribution < 1.29 is 0 Å². The van der Waals surface area contributed by atoms with Crippen molar-refractivity contribution in [3.8, 4) is 0 Å². The minimum absolute atomic E-state index is 0.728. The van der Waals surface area contributed by atoms with Crippen LogP contribution in [0.3, 0.4) is 0 Å². The predicted octanol–water partition coefficient (Wildman–Crippen LogP) is 1.44. The van der Waals surface area contributed by atoms with Crippen LogP contribution < -0.4 is 5.73 Å². The first-order chi connectivity index (χ1) is 5.33. The van der Waals surface area contributed by atoms with Gasteiger partial charge in [-0.15, -0.1) is 11.8 Å². The van der Waals surface area contributed by atoms with Crippen LogP contribution in [0.25, 0.3) is 0 Å². The lowest BCUT2D eigenvalue weighted by atomic mass is 10.4. The smallest absolute Gasteiger partial charge is 0.0383 e. The Morgan fingerprint density at radius 3 is 3.09 bits per heavy atom. The second kappa shape index (κ2) is 4.36. The molecule has 1 rings (SSSR count). The second-order valence-electron chi connectivity index (χ2n) is 2.27. The van der Waals surface area contributed by atoms with Gasteiger partial charge in [-0.2, -0.15) is 0 Å². The molecule has 11 heavy (non-hydrogen) atoms. The van der Waals surface area contributed by atoms with Crippen molar-refractivity contribution in [1.29, 1.82) is 0 Å². The van der Waals surface area contributed by atoms with Crippen LogP contribution >= 0.6 is 11.8 Å². The maximum Gasteiger partial charge on any atom is 0.0383 e. The van der Waals surface area contributed by atoms with E-state index < -0.39 is 0 Å². The molecule has 1 heterocycles. The fourth-order valence-electron chi connectivity index (χ4n) is 0.786. The molecule has 0 aliphatic carbocycles. The van der Waals surface area contributed by atoms with E-state index in [0.717, 1.165) is 18.0 Å². The quantitative estimate of drug-likeness (QED) is 0.694. The summed E-state index contributed by atoms with van der Waals surface area (Å²) < 4.78 is 0. The summed E-state index contributed by atoms with van der Waals surface area (Å²) in [7, 11) is 0. The van der Waals surface area contributed by atoms with Gasteiger partial charge in [-0.05, 0) is 19.1 Å². The Morgan fingerprint density at radius 1 is 1.64 bits per heavy atom.